The molecule has 0 aliphatic carbocycles. The van der Waals surface area contributed by atoms with Crippen LogP contribution in [0.5, 0.6) is 17.2 Å². The number of hydrogen-bond acceptors (Lipinski definition) is 9. The number of ether oxygens (including phenoxy) is 3. The Labute approximate surface area is 274 Å². The van der Waals surface area contributed by atoms with Gasteiger partial charge in [-0.2, -0.15) is 16.9 Å². The molecular formula is C33H44N6O6S. The van der Waals surface area contributed by atoms with Gasteiger partial charge in [0.15, 0.2) is 23.1 Å². The van der Waals surface area contributed by atoms with Crippen LogP contribution in [0.25, 0.3) is 11.4 Å². The predicted molar refractivity (Wildman–Crippen MR) is 177 cm³/mol. The molecular weight excluding hydrogens is 608 g/mol. The number of nitrogens with zero attached hydrogens (tertiary/aromatic N) is 4. The SMILES string of the molecule is COc1ccc(C(=O)N2CCCC(=O)N[C@@H](CCSC)C(=O)N[C@H](C(C)C)c3nc(-c4ccccc4)nn3CC2)c(OC)c1OC. The molecule has 4 rings (SSSR count). The van der Waals surface area contributed by atoms with Crippen molar-refractivity contribution in [3.63, 3.8) is 0 Å². The van der Waals surface area contributed by atoms with Gasteiger partial charge in [-0.05, 0) is 42.9 Å². The second-order valence-electron chi connectivity index (χ2n) is 11.3. The zero-order chi connectivity index (χ0) is 33.2. The fourth-order valence-electron chi connectivity index (χ4n) is 5.41. The average Bonchev–Trinajstić information content (AvgIpc) is 3.49. The number of aromatic nitrogens is 3. The maximum atomic E-state index is 14.1. The molecule has 1 aliphatic heterocycles. The van der Waals surface area contributed by atoms with Crippen molar-refractivity contribution in [3.05, 3.63) is 53.9 Å². The van der Waals surface area contributed by atoms with Crippen molar-refractivity contribution in [3.8, 4) is 28.6 Å². The molecule has 0 saturated carbocycles. The second-order valence-corrected chi connectivity index (χ2v) is 12.3. The summed E-state index contributed by atoms with van der Waals surface area (Å²) in [6.45, 7) is 4.86. The Kier molecular flexibility index (Phi) is 12.3. The van der Waals surface area contributed by atoms with E-state index in [2.05, 4.69) is 10.6 Å². The minimum Gasteiger partial charge on any atom is -0.493 e. The highest BCUT2D eigenvalue weighted by Crippen LogP contribution is 2.40. The number of carbonyl (C=O) groups excluding carboxylic acids is 3. The van der Waals surface area contributed by atoms with Crippen LogP contribution in [0.2, 0.25) is 0 Å². The molecule has 0 fully saturated rings. The summed E-state index contributed by atoms with van der Waals surface area (Å²) in [5.41, 5.74) is 1.14. The molecule has 2 atom stereocenters. The third-order valence-electron chi connectivity index (χ3n) is 7.87. The summed E-state index contributed by atoms with van der Waals surface area (Å²) in [6, 6.07) is 11.7. The molecule has 1 aliphatic rings. The molecule has 0 bridgehead atoms. The van der Waals surface area contributed by atoms with E-state index in [9.17, 15) is 14.4 Å². The summed E-state index contributed by atoms with van der Waals surface area (Å²) in [7, 11) is 4.48. The smallest absolute Gasteiger partial charge is 0.257 e. The Balaban J connectivity index is 1.77. The molecule has 1 aromatic heterocycles. The molecule has 2 heterocycles. The first-order valence-corrected chi connectivity index (χ1v) is 16.8. The van der Waals surface area contributed by atoms with Gasteiger partial charge in [0.1, 0.15) is 6.04 Å². The zero-order valence-electron chi connectivity index (χ0n) is 27.4. The molecule has 2 aromatic carbocycles. The summed E-state index contributed by atoms with van der Waals surface area (Å²) in [5.74, 6) is 1.97. The van der Waals surface area contributed by atoms with Gasteiger partial charge in [0, 0.05) is 25.1 Å². The van der Waals surface area contributed by atoms with Crippen LogP contribution in [0.3, 0.4) is 0 Å². The van der Waals surface area contributed by atoms with E-state index < -0.39 is 12.1 Å². The maximum Gasteiger partial charge on any atom is 0.257 e. The van der Waals surface area contributed by atoms with Crippen molar-refractivity contribution in [2.75, 3.05) is 46.4 Å². The normalized spacial score (nSPS) is 17.8. The first-order valence-electron chi connectivity index (χ1n) is 15.4. The van der Waals surface area contributed by atoms with E-state index in [0.717, 1.165) is 5.56 Å². The number of hydrogen-bond donors (Lipinski definition) is 2. The van der Waals surface area contributed by atoms with Gasteiger partial charge < -0.3 is 29.7 Å². The van der Waals surface area contributed by atoms with E-state index in [0.29, 0.717) is 53.9 Å². The van der Waals surface area contributed by atoms with Gasteiger partial charge >= 0.3 is 0 Å². The fraction of sp³-hybridized carbons (Fsp3) is 0.485. The van der Waals surface area contributed by atoms with Gasteiger partial charge in [0.2, 0.25) is 17.6 Å². The Morgan fingerprint density at radius 2 is 1.72 bits per heavy atom. The lowest BCUT2D eigenvalue weighted by atomic mass is 10.0. The molecule has 12 nitrogen and oxygen atoms in total. The summed E-state index contributed by atoms with van der Waals surface area (Å²) < 4.78 is 18.3. The van der Waals surface area contributed by atoms with Gasteiger partial charge in [0.25, 0.3) is 5.91 Å². The van der Waals surface area contributed by atoms with Crippen LogP contribution >= 0.6 is 11.8 Å². The van der Waals surface area contributed by atoms with Crippen molar-refractivity contribution in [1.29, 1.82) is 0 Å². The Morgan fingerprint density at radius 1 is 0.978 bits per heavy atom. The third kappa shape index (κ3) is 8.11. The maximum absolute atomic E-state index is 14.1. The largest absolute Gasteiger partial charge is 0.493 e. The van der Waals surface area contributed by atoms with Gasteiger partial charge in [0.05, 0.1) is 39.5 Å². The minimum absolute atomic E-state index is 0.0471. The molecule has 3 aromatic rings. The second kappa shape index (κ2) is 16.3. The number of amides is 3. The molecule has 0 unspecified atom stereocenters. The Morgan fingerprint density at radius 3 is 2.37 bits per heavy atom. The molecule has 2 N–H and O–H groups in total. The predicted octanol–water partition coefficient (Wildman–Crippen LogP) is 3.96. The molecule has 3 amide bonds. The Bertz CT molecular complexity index is 1500. The third-order valence-corrected chi connectivity index (χ3v) is 8.52. The van der Waals surface area contributed by atoms with Crippen molar-refractivity contribution in [2.24, 2.45) is 5.92 Å². The summed E-state index contributed by atoms with van der Waals surface area (Å²) >= 11 is 1.61. The molecule has 248 valence electrons. The van der Waals surface area contributed by atoms with Crippen molar-refractivity contribution in [1.82, 2.24) is 30.3 Å². The number of benzene rings is 2. The lowest BCUT2D eigenvalue weighted by molar-refractivity contribution is -0.129. The average molecular weight is 653 g/mol. The van der Waals surface area contributed by atoms with E-state index in [4.69, 9.17) is 24.3 Å². The van der Waals surface area contributed by atoms with Crippen LogP contribution < -0.4 is 24.8 Å². The number of methoxy groups -OCH3 is 3. The van der Waals surface area contributed by atoms with Crippen LogP contribution in [0.4, 0.5) is 0 Å². The van der Waals surface area contributed by atoms with E-state index in [1.807, 2.05) is 50.4 Å². The monoisotopic (exact) mass is 652 g/mol. The first kappa shape index (κ1) is 34.6. The van der Waals surface area contributed by atoms with Crippen molar-refractivity contribution < 1.29 is 28.6 Å². The van der Waals surface area contributed by atoms with Crippen molar-refractivity contribution in [2.45, 2.75) is 51.7 Å². The highest BCUT2D eigenvalue weighted by atomic mass is 32.2. The Hall–Kier alpha value is -4.26. The highest BCUT2D eigenvalue weighted by molar-refractivity contribution is 7.98. The zero-order valence-corrected chi connectivity index (χ0v) is 28.2. The van der Waals surface area contributed by atoms with Crippen molar-refractivity contribution >= 4 is 29.5 Å². The first-order chi connectivity index (χ1) is 22.2. The molecule has 13 heteroatoms. The van der Waals surface area contributed by atoms with Crippen LogP contribution in [-0.2, 0) is 16.1 Å². The fourth-order valence-corrected chi connectivity index (χ4v) is 5.88. The number of carbonyl (C=O) groups is 3. The number of rotatable bonds is 9. The highest BCUT2D eigenvalue weighted by Gasteiger charge is 2.31. The van der Waals surface area contributed by atoms with Crippen LogP contribution in [-0.4, -0.2) is 89.9 Å². The minimum atomic E-state index is -0.706. The van der Waals surface area contributed by atoms with E-state index in [-0.39, 0.29) is 48.9 Å². The van der Waals surface area contributed by atoms with Gasteiger partial charge in [-0.25, -0.2) is 9.67 Å². The number of nitrogens with one attached hydrogen (secondary N) is 2. The summed E-state index contributed by atoms with van der Waals surface area (Å²) in [4.78, 5) is 47.4. The molecule has 0 saturated heterocycles. The van der Waals surface area contributed by atoms with E-state index in [1.54, 1.807) is 33.5 Å². The standard InChI is InChI=1S/C33H44N6O6S/c1-21(2)27-31-36-30(22-11-8-7-9-12-22)37-39(31)19-18-38(17-10-13-26(40)34-24(16-20-46-6)32(41)35-27)33(42)23-14-15-25(43-3)29(45-5)28(23)44-4/h7-9,11-12,14-15,21,24,27H,10,13,16-20H2,1-6H3,(H,34,40)(H,35,41)/t24-,27+/m0/s1. The van der Waals surface area contributed by atoms with E-state index in [1.165, 1.54) is 21.3 Å². The van der Waals surface area contributed by atoms with Crippen LogP contribution in [0.1, 0.15) is 55.3 Å². The summed E-state index contributed by atoms with van der Waals surface area (Å²) in [6.07, 6.45) is 2.98. The topological polar surface area (TPSA) is 137 Å². The van der Waals surface area contributed by atoms with Crippen LogP contribution in [0.15, 0.2) is 42.5 Å². The van der Waals surface area contributed by atoms with Crippen LogP contribution in [0, 0.1) is 5.92 Å². The number of fused-ring (bicyclic) bond motifs is 1. The molecule has 0 radical (unpaired) electrons. The quantitative estimate of drug-likeness (QED) is 0.352. The lowest BCUT2D eigenvalue weighted by Gasteiger charge is -2.28. The van der Waals surface area contributed by atoms with Gasteiger partial charge in [-0.1, -0.05) is 44.2 Å². The molecule has 46 heavy (non-hydrogen) atoms. The molecule has 0 spiro atoms. The van der Waals surface area contributed by atoms with Gasteiger partial charge in [-0.15, -0.1) is 0 Å². The van der Waals surface area contributed by atoms with Gasteiger partial charge in [-0.3, -0.25) is 14.4 Å². The lowest BCUT2D eigenvalue weighted by Crippen LogP contribution is -2.49. The number of thioether (sulfide) groups is 1. The van der Waals surface area contributed by atoms with E-state index >= 15 is 0 Å². The summed E-state index contributed by atoms with van der Waals surface area (Å²) in [5, 5.41) is 11.0.